The minimum Gasteiger partial charge on any atom is -0.501 e. The van der Waals surface area contributed by atoms with Crippen molar-refractivity contribution < 1.29 is 24.5 Å². The third kappa shape index (κ3) is 8.33. The van der Waals surface area contributed by atoms with Gasteiger partial charge in [0.15, 0.2) is 0 Å². The summed E-state index contributed by atoms with van der Waals surface area (Å²) in [6.45, 7) is 12.5. The van der Waals surface area contributed by atoms with Crippen molar-refractivity contribution >= 4 is 46.2 Å². The average molecular weight is 916 g/mol. The van der Waals surface area contributed by atoms with Gasteiger partial charge in [-0.1, -0.05) is 148 Å². The average Bonchev–Trinajstić information content (AvgIpc) is 3.93. The van der Waals surface area contributed by atoms with Crippen molar-refractivity contribution in [3.8, 4) is 22.6 Å². The van der Waals surface area contributed by atoms with E-state index in [1.807, 2.05) is 36.4 Å². The number of para-hydroxylation sites is 3. The Morgan fingerprint density at radius 2 is 1.58 bits per heavy atom. The molecule has 0 amide bonds. The molecule has 55 heavy (non-hydrogen) atoms. The molecular formula is C49H49IrN3OSi-2. The molecule has 1 radical (unpaired) electrons. The predicted molar refractivity (Wildman–Crippen MR) is 228 cm³/mol. The summed E-state index contributed by atoms with van der Waals surface area (Å²) in [6, 6.07) is 46.7. The van der Waals surface area contributed by atoms with E-state index < -0.39 is 8.07 Å². The van der Waals surface area contributed by atoms with Crippen molar-refractivity contribution in [1.82, 2.24) is 14.5 Å². The number of hydrogen-bond acceptors (Lipinski definition) is 3. The second-order valence-electron chi connectivity index (χ2n) is 16.2. The smallest absolute Gasteiger partial charge is 0.120 e. The van der Waals surface area contributed by atoms with Gasteiger partial charge < -0.3 is 14.0 Å². The Kier molecular flexibility index (Phi) is 11.7. The van der Waals surface area contributed by atoms with Crippen molar-refractivity contribution in [3.05, 3.63) is 150 Å². The first-order valence-electron chi connectivity index (χ1n) is 19.6. The van der Waals surface area contributed by atoms with Crippen LogP contribution < -0.4 is 5.19 Å². The first-order chi connectivity index (χ1) is 26.2. The molecule has 1 aliphatic rings. The monoisotopic (exact) mass is 916 g/mol. The van der Waals surface area contributed by atoms with Crippen LogP contribution in [0.2, 0.25) is 19.6 Å². The Morgan fingerprint density at radius 3 is 2.33 bits per heavy atom. The Balaban J connectivity index is 0.000000168. The van der Waals surface area contributed by atoms with Crippen molar-refractivity contribution in [2.75, 3.05) is 0 Å². The molecule has 6 heteroatoms. The van der Waals surface area contributed by atoms with Crippen LogP contribution in [0.25, 0.3) is 55.6 Å². The standard InChI is InChI=1S/C26H17N2O.C23H32NSi.Ir/c1-2-9-18(10-3-1)17-28-23-15-6-5-14-22(23)27-26(28)21-13-8-12-20-19-11-4-7-16-24(19)29-25(20)21;1-17(2)19-10-12-20(13-11-19)22-15-21(14-18-8-6-7-9-18)23(16-24-22)25(3,4)5;/h1-12,14-16H,17H2;10-12,15-18H,6-9,14H2,1-5H3;/q2*-1;. The van der Waals surface area contributed by atoms with Crippen LogP contribution in [0.1, 0.15) is 62.1 Å². The molecule has 0 unspecified atom stereocenters. The van der Waals surface area contributed by atoms with Crippen LogP contribution in [0.5, 0.6) is 0 Å². The Labute approximate surface area is 340 Å². The first-order valence-corrected chi connectivity index (χ1v) is 23.1. The number of fused-ring (bicyclic) bond motifs is 4. The van der Waals surface area contributed by atoms with Crippen LogP contribution >= 0.6 is 0 Å². The number of benzene rings is 5. The van der Waals surface area contributed by atoms with Crippen molar-refractivity contribution in [2.24, 2.45) is 5.92 Å². The molecule has 0 N–H and O–H groups in total. The molecule has 0 saturated heterocycles. The number of imidazole rings is 1. The first kappa shape index (κ1) is 38.7. The molecule has 8 aromatic rings. The molecule has 1 aliphatic carbocycles. The maximum absolute atomic E-state index is 6.25. The molecule has 4 nitrogen and oxygen atoms in total. The van der Waals surface area contributed by atoms with E-state index in [1.54, 1.807) is 10.8 Å². The van der Waals surface area contributed by atoms with Gasteiger partial charge in [-0.3, -0.25) is 4.98 Å². The Morgan fingerprint density at radius 1 is 0.836 bits per heavy atom. The van der Waals surface area contributed by atoms with Gasteiger partial charge in [0.2, 0.25) is 0 Å². The van der Waals surface area contributed by atoms with E-state index in [0.717, 1.165) is 68.1 Å². The van der Waals surface area contributed by atoms with Gasteiger partial charge in [0.1, 0.15) is 5.58 Å². The molecule has 281 valence electrons. The quantitative estimate of drug-likeness (QED) is 0.113. The van der Waals surface area contributed by atoms with Crippen LogP contribution in [0.15, 0.2) is 126 Å². The Hall–Kier alpha value is -4.61. The summed E-state index contributed by atoms with van der Waals surface area (Å²) < 4.78 is 8.51. The van der Waals surface area contributed by atoms with Crippen LogP contribution in [-0.2, 0) is 33.1 Å². The van der Waals surface area contributed by atoms with Crippen molar-refractivity contribution in [2.45, 2.75) is 78.1 Å². The van der Waals surface area contributed by atoms with Crippen LogP contribution in [0.3, 0.4) is 0 Å². The van der Waals surface area contributed by atoms with Gasteiger partial charge in [-0.25, -0.2) is 0 Å². The molecule has 5 aromatic carbocycles. The largest absolute Gasteiger partial charge is 0.501 e. The molecule has 1 saturated carbocycles. The topological polar surface area (TPSA) is 43.9 Å². The molecule has 0 atom stereocenters. The van der Waals surface area contributed by atoms with E-state index in [4.69, 9.17) is 14.4 Å². The summed E-state index contributed by atoms with van der Waals surface area (Å²) in [6.07, 6.45) is 9.04. The van der Waals surface area contributed by atoms with Gasteiger partial charge in [-0.05, 0) is 47.0 Å². The second kappa shape index (κ2) is 16.6. The fourth-order valence-corrected chi connectivity index (χ4v) is 9.61. The fraction of sp³-hybridized carbons (Fsp3) is 0.265. The zero-order chi connectivity index (χ0) is 37.2. The van der Waals surface area contributed by atoms with Crippen molar-refractivity contribution in [3.63, 3.8) is 0 Å². The molecule has 1 fully saturated rings. The molecule has 9 rings (SSSR count). The summed E-state index contributed by atoms with van der Waals surface area (Å²) in [5, 5.41) is 3.75. The normalized spacial score (nSPS) is 13.3. The number of rotatable bonds is 8. The zero-order valence-corrected chi connectivity index (χ0v) is 35.9. The minimum absolute atomic E-state index is 0. The summed E-state index contributed by atoms with van der Waals surface area (Å²) >= 11 is 0. The van der Waals surface area contributed by atoms with E-state index in [-0.39, 0.29) is 20.1 Å². The molecular weight excluding hydrogens is 867 g/mol. The summed E-state index contributed by atoms with van der Waals surface area (Å²) in [7, 11) is -1.37. The van der Waals surface area contributed by atoms with E-state index in [2.05, 4.69) is 135 Å². The van der Waals surface area contributed by atoms with Crippen LogP contribution in [-0.4, -0.2) is 22.6 Å². The zero-order valence-electron chi connectivity index (χ0n) is 32.5. The summed E-state index contributed by atoms with van der Waals surface area (Å²) in [4.78, 5) is 9.80. The second-order valence-corrected chi connectivity index (χ2v) is 21.2. The SMILES string of the molecule is CC(C)c1c[c-]c(-c2cc(CC3CCCC3)c([Si](C)(C)C)cn2)cc1.[Ir].[c-]1ccc2c(oc3ccccc32)c1-c1nc2ccccc2n1Cc1ccccc1. The van der Waals surface area contributed by atoms with E-state index in [9.17, 15) is 0 Å². The third-order valence-electron chi connectivity index (χ3n) is 11.0. The maximum atomic E-state index is 6.25. The number of aromatic nitrogens is 3. The summed E-state index contributed by atoms with van der Waals surface area (Å²) in [5.74, 6) is 2.29. The molecule has 0 aliphatic heterocycles. The van der Waals surface area contributed by atoms with E-state index in [1.165, 1.54) is 43.2 Å². The van der Waals surface area contributed by atoms with Crippen molar-refractivity contribution in [1.29, 1.82) is 0 Å². The minimum atomic E-state index is -1.37. The molecule has 3 heterocycles. The van der Waals surface area contributed by atoms with Gasteiger partial charge in [0, 0.05) is 38.2 Å². The predicted octanol–water partition coefficient (Wildman–Crippen LogP) is 12.4. The van der Waals surface area contributed by atoms with Gasteiger partial charge in [0.05, 0.1) is 30.5 Å². The van der Waals surface area contributed by atoms with E-state index >= 15 is 0 Å². The van der Waals surface area contributed by atoms with Crippen LogP contribution in [0.4, 0.5) is 0 Å². The van der Waals surface area contributed by atoms with Crippen LogP contribution in [0, 0.1) is 18.1 Å². The van der Waals surface area contributed by atoms with Gasteiger partial charge in [-0.2, -0.15) is 0 Å². The number of hydrogen-bond donors (Lipinski definition) is 0. The third-order valence-corrected chi connectivity index (χ3v) is 13.0. The molecule has 0 bridgehead atoms. The number of pyridine rings is 1. The molecule has 3 aromatic heterocycles. The van der Waals surface area contributed by atoms with Gasteiger partial charge in [0.25, 0.3) is 0 Å². The fourth-order valence-electron chi connectivity index (χ4n) is 8.02. The van der Waals surface area contributed by atoms with Gasteiger partial charge >= 0.3 is 0 Å². The van der Waals surface area contributed by atoms with E-state index in [0.29, 0.717) is 5.92 Å². The van der Waals surface area contributed by atoms with Gasteiger partial charge in [-0.15, -0.1) is 53.6 Å². The number of nitrogens with zero attached hydrogens (tertiary/aromatic N) is 3. The maximum Gasteiger partial charge on any atom is 0.120 e. The molecule has 0 spiro atoms. The number of furan rings is 1. The summed E-state index contributed by atoms with van der Waals surface area (Å²) in [5.41, 5.74) is 11.0. The Bertz CT molecular complexity index is 2520.